The molecule has 0 aliphatic heterocycles. The van der Waals surface area contributed by atoms with E-state index in [9.17, 15) is 0 Å². The molecule has 2 nitrogen and oxygen atoms in total. The molecule has 11 heavy (non-hydrogen) atoms. The Bertz CT molecular complexity index is 194. The van der Waals surface area contributed by atoms with Crippen LogP contribution >= 0.6 is 0 Å². The topological polar surface area (TPSA) is 35.9 Å². The van der Waals surface area contributed by atoms with Gasteiger partial charge in [-0.15, -0.1) is 0 Å². The van der Waals surface area contributed by atoms with Gasteiger partial charge in [-0.2, -0.15) is 0 Å². The highest BCUT2D eigenvalue weighted by atomic mass is 14.8. The third-order valence-electron chi connectivity index (χ3n) is 1.04. The first kappa shape index (κ1) is 9.43. The summed E-state index contributed by atoms with van der Waals surface area (Å²) in [6.45, 7) is 6.04. The standard InChI is InChI=1S/C8H9N.CH3N/c1-2-9-8-6-4-3-5-7-8;1-2/h2-7,9H,1H2;2H,1H2. The van der Waals surface area contributed by atoms with Gasteiger partial charge in [0.25, 0.3) is 0 Å². The molecule has 0 spiro atoms. The molecule has 2 heteroatoms. The Kier molecular flexibility index (Phi) is 5.61. The first-order valence-electron chi connectivity index (χ1n) is 3.21. The summed E-state index contributed by atoms with van der Waals surface area (Å²) in [6.07, 6.45) is 1.66. The van der Waals surface area contributed by atoms with Crippen LogP contribution in [0.2, 0.25) is 0 Å². The lowest BCUT2D eigenvalue weighted by atomic mass is 10.3. The number of para-hydroxylation sites is 1. The van der Waals surface area contributed by atoms with Gasteiger partial charge in [0, 0.05) is 5.69 Å². The molecule has 1 aromatic carbocycles. The van der Waals surface area contributed by atoms with Gasteiger partial charge in [0.05, 0.1) is 0 Å². The second-order valence-electron chi connectivity index (χ2n) is 1.71. The van der Waals surface area contributed by atoms with Crippen molar-refractivity contribution in [2.24, 2.45) is 0 Å². The predicted octanol–water partition coefficient (Wildman–Crippen LogP) is 2.51. The molecule has 0 fully saturated rings. The quantitative estimate of drug-likeness (QED) is 0.621. The molecule has 0 aliphatic rings. The third kappa shape index (κ3) is 3.92. The van der Waals surface area contributed by atoms with Crippen molar-refractivity contribution in [1.82, 2.24) is 0 Å². The molecule has 0 amide bonds. The van der Waals surface area contributed by atoms with E-state index in [4.69, 9.17) is 5.41 Å². The summed E-state index contributed by atoms with van der Waals surface area (Å²) in [6, 6.07) is 9.91. The SMILES string of the molecule is C=CNc1ccccc1.C=N. The first-order valence-corrected chi connectivity index (χ1v) is 3.21. The fourth-order valence-electron chi connectivity index (χ4n) is 0.652. The Morgan fingerprint density at radius 1 is 1.18 bits per heavy atom. The summed E-state index contributed by atoms with van der Waals surface area (Å²) in [4.78, 5) is 0. The van der Waals surface area contributed by atoms with Gasteiger partial charge in [0.2, 0.25) is 0 Å². The van der Waals surface area contributed by atoms with Gasteiger partial charge < -0.3 is 10.7 Å². The second kappa shape index (κ2) is 6.55. The number of hydrogen-bond donors (Lipinski definition) is 2. The molecule has 0 heterocycles. The Morgan fingerprint density at radius 2 is 1.73 bits per heavy atom. The van der Waals surface area contributed by atoms with Crippen molar-refractivity contribution in [2.75, 3.05) is 5.32 Å². The fraction of sp³-hybridized carbons (Fsp3) is 0. The van der Waals surface area contributed by atoms with E-state index in [2.05, 4.69) is 18.6 Å². The highest BCUT2D eigenvalue weighted by Gasteiger charge is 1.79. The van der Waals surface area contributed by atoms with Gasteiger partial charge >= 0.3 is 0 Å². The van der Waals surface area contributed by atoms with E-state index in [0.717, 1.165) is 5.69 Å². The molecule has 0 saturated carbocycles. The summed E-state index contributed by atoms with van der Waals surface area (Å²) >= 11 is 0. The lowest BCUT2D eigenvalue weighted by Crippen LogP contribution is -1.82. The molecular formula is C9H12N2. The molecule has 0 aromatic heterocycles. The zero-order chi connectivity index (χ0) is 8.53. The molecule has 58 valence electrons. The lowest BCUT2D eigenvalue weighted by molar-refractivity contribution is 1.60. The Labute approximate surface area is 67.1 Å². The van der Waals surface area contributed by atoms with E-state index in [0.29, 0.717) is 0 Å². The van der Waals surface area contributed by atoms with Gasteiger partial charge in [-0.25, -0.2) is 0 Å². The average molecular weight is 148 g/mol. The maximum Gasteiger partial charge on any atom is 0.0379 e. The molecule has 1 rings (SSSR count). The van der Waals surface area contributed by atoms with E-state index in [-0.39, 0.29) is 0 Å². The maximum atomic E-state index is 5.50. The zero-order valence-corrected chi connectivity index (χ0v) is 6.38. The molecule has 1 aromatic rings. The largest absolute Gasteiger partial charge is 0.362 e. The molecule has 0 unspecified atom stereocenters. The Balaban J connectivity index is 0.000000461. The number of nitrogens with one attached hydrogen (secondary N) is 2. The van der Waals surface area contributed by atoms with Crippen LogP contribution in [-0.2, 0) is 0 Å². The minimum absolute atomic E-state index is 1.08. The van der Waals surface area contributed by atoms with Crippen molar-refractivity contribution >= 4 is 12.4 Å². The number of hydrogen-bond acceptors (Lipinski definition) is 2. The normalized spacial score (nSPS) is 7.27. The van der Waals surface area contributed by atoms with E-state index < -0.39 is 0 Å². The van der Waals surface area contributed by atoms with Gasteiger partial charge in [0.15, 0.2) is 0 Å². The van der Waals surface area contributed by atoms with Crippen molar-refractivity contribution in [3.05, 3.63) is 43.1 Å². The summed E-state index contributed by atoms with van der Waals surface area (Å²) in [5.74, 6) is 0. The molecule has 0 saturated heterocycles. The highest BCUT2D eigenvalue weighted by Crippen LogP contribution is 2.03. The van der Waals surface area contributed by atoms with Crippen LogP contribution in [0.25, 0.3) is 0 Å². The van der Waals surface area contributed by atoms with Gasteiger partial charge in [-0.1, -0.05) is 24.8 Å². The predicted molar refractivity (Wildman–Crippen MR) is 50.1 cm³/mol. The van der Waals surface area contributed by atoms with Crippen LogP contribution in [0.5, 0.6) is 0 Å². The molecule has 0 atom stereocenters. The smallest absolute Gasteiger partial charge is 0.0379 e. The highest BCUT2D eigenvalue weighted by molar-refractivity contribution is 5.44. The summed E-state index contributed by atoms with van der Waals surface area (Å²) < 4.78 is 0. The monoisotopic (exact) mass is 148 g/mol. The van der Waals surface area contributed by atoms with Crippen LogP contribution in [-0.4, -0.2) is 6.72 Å². The minimum Gasteiger partial charge on any atom is -0.362 e. The third-order valence-corrected chi connectivity index (χ3v) is 1.04. The van der Waals surface area contributed by atoms with Crippen LogP contribution in [0, 0.1) is 5.41 Å². The lowest BCUT2D eigenvalue weighted by Gasteiger charge is -1.95. The van der Waals surface area contributed by atoms with Crippen LogP contribution < -0.4 is 5.32 Å². The number of benzene rings is 1. The van der Waals surface area contributed by atoms with Crippen LogP contribution in [0.3, 0.4) is 0 Å². The minimum atomic E-state index is 1.08. The molecule has 0 aliphatic carbocycles. The number of rotatable bonds is 2. The van der Waals surface area contributed by atoms with Crippen molar-refractivity contribution in [2.45, 2.75) is 0 Å². The van der Waals surface area contributed by atoms with E-state index >= 15 is 0 Å². The molecule has 2 N–H and O–H groups in total. The summed E-state index contributed by atoms with van der Waals surface area (Å²) in [5.41, 5.74) is 1.08. The van der Waals surface area contributed by atoms with Gasteiger partial charge in [-0.05, 0) is 25.1 Å². The van der Waals surface area contributed by atoms with Crippen LogP contribution in [0.15, 0.2) is 43.1 Å². The van der Waals surface area contributed by atoms with Crippen molar-refractivity contribution in [3.8, 4) is 0 Å². The van der Waals surface area contributed by atoms with E-state index in [1.165, 1.54) is 0 Å². The van der Waals surface area contributed by atoms with Gasteiger partial charge in [0.1, 0.15) is 0 Å². The van der Waals surface area contributed by atoms with Crippen molar-refractivity contribution in [1.29, 1.82) is 5.41 Å². The number of anilines is 1. The zero-order valence-electron chi connectivity index (χ0n) is 6.38. The molecule has 0 bridgehead atoms. The Morgan fingerprint density at radius 3 is 2.18 bits per heavy atom. The van der Waals surface area contributed by atoms with E-state index in [1.807, 2.05) is 30.3 Å². The molecular weight excluding hydrogens is 136 g/mol. The van der Waals surface area contributed by atoms with E-state index in [1.54, 1.807) is 6.20 Å². The summed E-state index contributed by atoms with van der Waals surface area (Å²) in [7, 11) is 0. The van der Waals surface area contributed by atoms with Gasteiger partial charge in [-0.3, -0.25) is 0 Å². The van der Waals surface area contributed by atoms with Crippen LogP contribution in [0.1, 0.15) is 0 Å². The Hall–Kier alpha value is -1.57. The maximum absolute atomic E-state index is 5.50. The first-order chi connectivity index (χ1) is 5.43. The average Bonchev–Trinajstić information content (AvgIpc) is 2.11. The molecule has 0 radical (unpaired) electrons. The summed E-state index contributed by atoms with van der Waals surface area (Å²) in [5, 5.41) is 8.47. The fourth-order valence-corrected chi connectivity index (χ4v) is 0.652. The van der Waals surface area contributed by atoms with Crippen LogP contribution in [0.4, 0.5) is 5.69 Å². The van der Waals surface area contributed by atoms with Crippen molar-refractivity contribution < 1.29 is 0 Å². The van der Waals surface area contributed by atoms with Crippen molar-refractivity contribution in [3.63, 3.8) is 0 Å². The second-order valence-corrected chi connectivity index (χ2v) is 1.71.